The number of fused-ring (bicyclic) bond motifs is 1. The van der Waals surface area contributed by atoms with Gasteiger partial charge in [0.05, 0.1) is 28.2 Å². The molecule has 9 heteroatoms. The second-order valence-corrected chi connectivity index (χ2v) is 8.26. The van der Waals surface area contributed by atoms with Crippen molar-refractivity contribution in [2.45, 2.75) is 18.4 Å². The summed E-state index contributed by atoms with van der Waals surface area (Å²) < 4.78 is 26.9. The molecule has 0 aliphatic rings. The second kappa shape index (κ2) is 6.71. The van der Waals surface area contributed by atoms with Crippen LogP contribution in [0.3, 0.4) is 0 Å². The quantitative estimate of drug-likeness (QED) is 0.693. The van der Waals surface area contributed by atoms with Crippen LogP contribution >= 0.6 is 11.6 Å². The lowest BCUT2D eigenvalue weighted by molar-refractivity contribution is 0.0697. The van der Waals surface area contributed by atoms with Gasteiger partial charge < -0.3 is 10.1 Å². The normalized spacial score (nSPS) is 12.0. The second-order valence-electron chi connectivity index (χ2n) is 5.87. The molecule has 0 fully saturated rings. The summed E-state index contributed by atoms with van der Waals surface area (Å²) in [5, 5.41) is 9.21. The largest absolute Gasteiger partial charge is 0.478 e. The van der Waals surface area contributed by atoms with E-state index < -0.39 is 16.0 Å². The van der Waals surface area contributed by atoms with Crippen molar-refractivity contribution in [3.05, 3.63) is 58.4 Å². The Hall–Kier alpha value is -2.42. The summed E-state index contributed by atoms with van der Waals surface area (Å²) in [6.07, 6.45) is 0. The number of aromatic carboxylic acids is 1. The highest BCUT2D eigenvalue weighted by molar-refractivity contribution is 7.89. The first kappa shape index (κ1) is 18.4. The number of H-pyrrole nitrogens is 1. The van der Waals surface area contributed by atoms with Crippen LogP contribution in [-0.2, 0) is 16.6 Å². The first-order chi connectivity index (χ1) is 12.2. The fraction of sp³-hybridized carbons (Fsp3) is 0.176. The van der Waals surface area contributed by atoms with E-state index in [-0.39, 0.29) is 22.0 Å². The zero-order chi connectivity index (χ0) is 19.1. The van der Waals surface area contributed by atoms with Crippen LogP contribution in [0.5, 0.6) is 0 Å². The van der Waals surface area contributed by atoms with Crippen molar-refractivity contribution >= 4 is 38.6 Å². The van der Waals surface area contributed by atoms with E-state index in [4.69, 9.17) is 16.7 Å². The number of rotatable bonds is 5. The number of carbonyl (C=O) groups is 1. The Balaban J connectivity index is 1.93. The van der Waals surface area contributed by atoms with E-state index in [2.05, 4.69) is 9.97 Å². The maximum absolute atomic E-state index is 12.9. The molecule has 3 rings (SSSR count). The zero-order valence-corrected chi connectivity index (χ0v) is 15.6. The summed E-state index contributed by atoms with van der Waals surface area (Å²) in [5.74, 6) is -0.643. The third-order valence-corrected chi connectivity index (χ3v) is 6.42. The van der Waals surface area contributed by atoms with Gasteiger partial charge in [0.1, 0.15) is 10.7 Å². The molecule has 0 saturated heterocycles. The fourth-order valence-electron chi connectivity index (χ4n) is 2.67. The number of aromatic nitrogens is 2. The van der Waals surface area contributed by atoms with Crippen molar-refractivity contribution in [3.8, 4) is 0 Å². The predicted octanol–water partition coefficient (Wildman–Crippen LogP) is 3.04. The molecule has 7 nitrogen and oxygen atoms in total. The maximum atomic E-state index is 12.9. The number of nitrogens with one attached hydrogen (secondary N) is 1. The molecule has 0 saturated carbocycles. The van der Waals surface area contributed by atoms with Gasteiger partial charge in [-0.05, 0) is 36.8 Å². The molecule has 0 spiro atoms. The van der Waals surface area contributed by atoms with Gasteiger partial charge in [-0.15, -0.1) is 0 Å². The highest BCUT2D eigenvalue weighted by Crippen LogP contribution is 2.28. The summed E-state index contributed by atoms with van der Waals surface area (Å²) in [6, 6.07) is 9.39. The fourth-order valence-corrected chi connectivity index (χ4v) is 4.57. The Kier molecular flexibility index (Phi) is 4.74. The van der Waals surface area contributed by atoms with E-state index >= 15 is 0 Å². The van der Waals surface area contributed by atoms with Gasteiger partial charge in [-0.25, -0.2) is 18.2 Å². The molecule has 0 aliphatic heterocycles. The van der Waals surface area contributed by atoms with Gasteiger partial charge in [0.25, 0.3) is 0 Å². The highest BCUT2D eigenvalue weighted by atomic mass is 35.5. The minimum atomic E-state index is -3.81. The molecule has 2 N–H and O–H groups in total. The molecule has 0 radical (unpaired) electrons. The monoisotopic (exact) mass is 393 g/mol. The smallest absolute Gasteiger partial charge is 0.335 e. The molecule has 26 heavy (non-hydrogen) atoms. The van der Waals surface area contributed by atoms with Crippen molar-refractivity contribution in [2.75, 3.05) is 7.05 Å². The first-order valence-electron chi connectivity index (χ1n) is 7.63. The standard InChI is InChI=1S/C17H16ClN3O4S/c1-10-4-3-5-12(18)16(10)26(24,25)21(2)9-15-19-13-7-6-11(17(22)23)8-14(13)20-15/h3-8H,9H2,1-2H3,(H,19,20)(H,22,23). The number of nitrogens with zero attached hydrogens (tertiary/aromatic N) is 2. The Morgan fingerprint density at radius 3 is 2.69 bits per heavy atom. The van der Waals surface area contributed by atoms with Gasteiger partial charge in [-0.1, -0.05) is 23.7 Å². The molecular formula is C17H16ClN3O4S. The minimum Gasteiger partial charge on any atom is -0.478 e. The highest BCUT2D eigenvalue weighted by Gasteiger charge is 2.26. The van der Waals surface area contributed by atoms with Gasteiger partial charge in [-0.2, -0.15) is 4.31 Å². The number of halogens is 1. The number of aryl methyl sites for hydroxylation is 1. The van der Waals surface area contributed by atoms with Crippen LogP contribution in [0.25, 0.3) is 11.0 Å². The van der Waals surface area contributed by atoms with Crippen molar-refractivity contribution in [1.29, 1.82) is 0 Å². The van der Waals surface area contributed by atoms with Crippen molar-refractivity contribution in [1.82, 2.24) is 14.3 Å². The van der Waals surface area contributed by atoms with Crippen LogP contribution in [0.4, 0.5) is 0 Å². The number of benzene rings is 2. The molecule has 0 bridgehead atoms. The lowest BCUT2D eigenvalue weighted by Gasteiger charge is -2.18. The van der Waals surface area contributed by atoms with Crippen molar-refractivity contribution in [2.24, 2.45) is 0 Å². The predicted molar refractivity (Wildman–Crippen MR) is 97.9 cm³/mol. The molecular weight excluding hydrogens is 378 g/mol. The molecule has 0 atom stereocenters. The van der Waals surface area contributed by atoms with E-state index in [0.29, 0.717) is 22.4 Å². The topological polar surface area (TPSA) is 103 Å². The van der Waals surface area contributed by atoms with E-state index in [1.807, 2.05) is 0 Å². The summed E-state index contributed by atoms with van der Waals surface area (Å²) in [4.78, 5) is 18.4. The Morgan fingerprint density at radius 1 is 1.31 bits per heavy atom. The molecule has 1 aromatic heterocycles. The number of aromatic amines is 1. The van der Waals surface area contributed by atoms with Gasteiger partial charge in [-0.3, -0.25) is 0 Å². The van der Waals surface area contributed by atoms with Crippen LogP contribution in [0, 0.1) is 6.92 Å². The van der Waals surface area contributed by atoms with Gasteiger partial charge in [0.2, 0.25) is 10.0 Å². The van der Waals surface area contributed by atoms with Gasteiger partial charge >= 0.3 is 5.97 Å². The number of imidazole rings is 1. The average molecular weight is 394 g/mol. The molecule has 1 heterocycles. The van der Waals surface area contributed by atoms with Gasteiger partial charge in [0.15, 0.2) is 0 Å². The van der Waals surface area contributed by atoms with Crippen LogP contribution in [-0.4, -0.2) is 40.8 Å². The Labute approximate surface area is 155 Å². The van der Waals surface area contributed by atoms with E-state index in [0.717, 1.165) is 4.31 Å². The van der Waals surface area contributed by atoms with Crippen molar-refractivity contribution < 1.29 is 18.3 Å². The van der Waals surface area contributed by atoms with Crippen molar-refractivity contribution in [3.63, 3.8) is 0 Å². The van der Waals surface area contributed by atoms with E-state index in [1.165, 1.54) is 25.2 Å². The lowest BCUT2D eigenvalue weighted by Crippen LogP contribution is -2.27. The summed E-state index contributed by atoms with van der Waals surface area (Å²) >= 11 is 6.09. The third kappa shape index (κ3) is 3.31. The van der Waals surface area contributed by atoms with Crippen LogP contribution in [0.2, 0.25) is 5.02 Å². The number of carboxylic acids is 1. The molecule has 136 valence electrons. The molecule has 2 aromatic carbocycles. The SMILES string of the molecule is Cc1cccc(Cl)c1S(=O)(=O)N(C)Cc1nc2ccc(C(=O)O)cc2[nH]1. The summed E-state index contributed by atoms with van der Waals surface area (Å²) in [6.45, 7) is 1.67. The average Bonchev–Trinajstić information content (AvgIpc) is 2.95. The number of sulfonamides is 1. The van der Waals surface area contributed by atoms with E-state index in [1.54, 1.807) is 25.1 Å². The van der Waals surface area contributed by atoms with Crippen LogP contribution in [0.1, 0.15) is 21.7 Å². The Morgan fingerprint density at radius 2 is 2.04 bits per heavy atom. The van der Waals surface area contributed by atoms with Gasteiger partial charge in [0, 0.05) is 7.05 Å². The first-order valence-corrected chi connectivity index (χ1v) is 9.45. The van der Waals surface area contributed by atoms with Crippen LogP contribution in [0.15, 0.2) is 41.3 Å². The molecule has 0 unspecified atom stereocenters. The van der Waals surface area contributed by atoms with E-state index in [9.17, 15) is 13.2 Å². The number of carboxylic acid groups (broad SMARTS) is 1. The third-order valence-electron chi connectivity index (χ3n) is 3.98. The number of hydrogen-bond acceptors (Lipinski definition) is 4. The lowest BCUT2D eigenvalue weighted by atomic mass is 10.2. The summed E-state index contributed by atoms with van der Waals surface area (Å²) in [7, 11) is -2.37. The molecule has 3 aromatic rings. The minimum absolute atomic E-state index is 0.00984. The maximum Gasteiger partial charge on any atom is 0.335 e. The number of hydrogen-bond donors (Lipinski definition) is 2. The zero-order valence-electron chi connectivity index (χ0n) is 14.0. The van der Waals surface area contributed by atoms with Crippen LogP contribution < -0.4 is 0 Å². The Bertz CT molecular complexity index is 1090. The molecule has 0 aliphatic carbocycles. The summed E-state index contributed by atoms with van der Waals surface area (Å²) in [5.41, 5.74) is 1.77. The molecule has 0 amide bonds.